The summed E-state index contributed by atoms with van der Waals surface area (Å²) in [6, 6.07) is -0.200. The van der Waals surface area contributed by atoms with Crippen LogP contribution in [0.5, 0.6) is 0 Å². The summed E-state index contributed by atoms with van der Waals surface area (Å²) in [6.45, 7) is 3.05. The van der Waals surface area contributed by atoms with Crippen LogP contribution in [0.2, 0.25) is 0 Å². The Labute approximate surface area is 70.9 Å². The van der Waals surface area contributed by atoms with Gasteiger partial charge < -0.3 is 4.74 Å². The minimum Gasteiger partial charge on any atom is -0.465 e. The van der Waals surface area contributed by atoms with Crippen LogP contribution in [0.15, 0.2) is 0 Å². The van der Waals surface area contributed by atoms with Gasteiger partial charge >= 0.3 is 5.97 Å². The highest BCUT2D eigenvalue weighted by atomic mass is 32.2. The third-order valence-corrected chi connectivity index (χ3v) is 2.44. The van der Waals surface area contributed by atoms with Crippen LogP contribution in [-0.4, -0.2) is 36.7 Å². The molecule has 4 heteroatoms. The van der Waals surface area contributed by atoms with Gasteiger partial charge in [0.1, 0.15) is 6.04 Å². The van der Waals surface area contributed by atoms with Gasteiger partial charge in [-0.05, 0) is 6.92 Å². The van der Waals surface area contributed by atoms with Gasteiger partial charge in [0.2, 0.25) is 0 Å². The SMILES string of the molecule is CCOC(=O)C1CSCC[N]1. The van der Waals surface area contributed by atoms with Crippen molar-refractivity contribution in [3.63, 3.8) is 0 Å². The molecule has 0 aromatic carbocycles. The largest absolute Gasteiger partial charge is 0.465 e. The van der Waals surface area contributed by atoms with Gasteiger partial charge in [0, 0.05) is 18.1 Å². The quantitative estimate of drug-likeness (QED) is 0.564. The number of hydrogen-bond donors (Lipinski definition) is 0. The average Bonchev–Trinajstić information content (AvgIpc) is 2.07. The molecule has 11 heavy (non-hydrogen) atoms. The van der Waals surface area contributed by atoms with Crippen molar-refractivity contribution in [2.75, 3.05) is 24.7 Å². The number of ether oxygens (including phenoxy) is 1. The second-order valence-electron chi connectivity index (χ2n) is 2.25. The highest BCUT2D eigenvalue weighted by Crippen LogP contribution is 2.09. The summed E-state index contributed by atoms with van der Waals surface area (Å²) in [6.07, 6.45) is 0. The van der Waals surface area contributed by atoms with Crippen LogP contribution in [0.25, 0.3) is 0 Å². The van der Waals surface area contributed by atoms with E-state index in [9.17, 15) is 4.79 Å². The number of carbonyl (C=O) groups is 1. The Balaban J connectivity index is 2.27. The standard InChI is InChI=1S/C7H12NO2S/c1-2-10-7(9)6-5-11-4-3-8-6/h6H,2-5H2,1H3. The second-order valence-corrected chi connectivity index (χ2v) is 3.40. The van der Waals surface area contributed by atoms with Crippen LogP contribution >= 0.6 is 11.8 Å². The molecule has 0 saturated carbocycles. The molecule has 0 spiro atoms. The van der Waals surface area contributed by atoms with E-state index >= 15 is 0 Å². The Kier molecular flexibility index (Phi) is 3.72. The van der Waals surface area contributed by atoms with Crippen LogP contribution in [0, 0.1) is 0 Å². The Morgan fingerprint density at radius 2 is 2.64 bits per heavy atom. The summed E-state index contributed by atoms with van der Waals surface area (Å²) >= 11 is 1.76. The van der Waals surface area contributed by atoms with Gasteiger partial charge in [-0.2, -0.15) is 11.8 Å². The molecule has 0 aromatic heterocycles. The molecule has 0 N–H and O–H groups in total. The average molecular weight is 174 g/mol. The molecule has 1 heterocycles. The van der Waals surface area contributed by atoms with Gasteiger partial charge in [0.15, 0.2) is 0 Å². The minimum atomic E-state index is -0.200. The van der Waals surface area contributed by atoms with Crippen molar-refractivity contribution >= 4 is 17.7 Å². The van der Waals surface area contributed by atoms with Gasteiger partial charge in [-0.15, -0.1) is 0 Å². The first-order valence-electron chi connectivity index (χ1n) is 3.75. The number of carbonyl (C=O) groups excluding carboxylic acids is 1. The first kappa shape index (κ1) is 8.87. The van der Waals surface area contributed by atoms with Crippen molar-refractivity contribution in [1.29, 1.82) is 0 Å². The third-order valence-electron chi connectivity index (χ3n) is 1.42. The summed E-state index contributed by atoms with van der Waals surface area (Å²) in [5.41, 5.74) is 0. The minimum absolute atomic E-state index is 0.167. The molecular formula is C7H12NO2S. The fourth-order valence-electron chi connectivity index (χ4n) is 0.902. The maximum atomic E-state index is 11.1. The van der Waals surface area contributed by atoms with Gasteiger partial charge in [-0.1, -0.05) is 0 Å². The number of nitrogens with zero attached hydrogens (tertiary/aromatic N) is 1. The number of rotatable bonds is 2. The van der Waals surface area contributed by atoms with Gasteiger partial charge in [-0.25, -0.2) is 5.32 Å². The summed E-state index contributed by atoms with van der Waals surface area (Å²) in [7, 11) is 0. The number of hydrogen-bond acceptors (Lipinski definition) is 3. The second kappa shape index (κ2) is 4.62. The highest BCUT2D eigenvalue weighted by Gasteiger charge is 2.22. The lowest BCUT2D eigenvalue weighted by Crippen LogP contribution is -2.39. The Morgan fingerprint density at radius 1 is 1.82 bits per heavy atom. The summed E-state index contributed by atoms with van der Waals surface area (Å²) in [5, 5.41) is 4.15. The topological polar surface area (TPSA) is 40.4 Å². The molecule has 0 aliphatic carbocycles. The van der Waals surface area contributed by atoms with E-state index in [0.29, 0.717) is 6.61 Å². The lowest BCUT2D eigenvalue weighted by atomic mass is 10.3. The normalized spacial score (nSPS) is 24.6. The van der Waals surface area contributed by atoms with E-state index in [1.165, 1.54) is 0 Å². The highest BCUT2D eigenvalue weighted by molar-refractivity contribution is 7.99. The van der Waals surface area contributed by atoms with Gasteiger partial charge in [0.05, 0.1) is 6.61 Å². The molecule has 1 fully saturated rings. The summed E-state index contributed by atoms with van der Waals surface area (Å²) in [4.78, 5) is 11.1. The van der Waals surface area contributed by atoms with Crippen LogP contribution < -0.4 is 5.32 Å². The van der Waals surface area contributed by atoms with Gasteiger partial charge in [0.25, 0.3) is 0 Å². The van der Waals surface area contributed by atoms with E-state index in [1.54, 1.807) is 11.8 Å². The molecule has 63 valence electrons. The number of thioether (sulfide) groups is 1. The fraction of sp³-hybridized carbons (Fsp3) is 0.857. The van der Waals surface area contributed by atoms with Crippen LogP contribution in [-0.2, 0) is 9.53 Å². The van der Waals surface area contributed by atoms with Crippen molar-refractivity contribution in [1.82, 2.24) is 5.32 Å². The predicted molar refractivity (Wildman–Crippen MR) is 44.7 cm³/mol. The maximum Gasteiger partial charge on any atom is 0.325 e. The number of esters is 1. The third kappa shape index (κ3) is 2.71. The summed E-state index contributed by atoms with van der Waals surface area (Å²) < 4.78 is 4.84. The smallest absolute Gasteiger partial charge is 0.325 e. The first-order chi connectivity index (χ1) is 5.34. The molecular weight excluding hydrogens is 162 g/mol. The van der Waals surface area contributed by atoms with Crippen LogP contribution in [0.3, 0.4) is 0 Å². The Morgan fingerprint density at radius 3 is 3.18 bits per heavy atom. The van der Waals surface area contributed by atoms with Gasteiger partial charge in [-0.3, -0.25) is 4.79 Å². The van der Waals surface area contributed by atoms with Crippen LogP contribution in [0.4, 0.5) is 0 Å². The molecule has 0 amide bonds. The monoisotopic (exact) mass is 174 g/mol. The lowest BCUT2D eigenvalue weighted by molar-refractivity contribution is -0.145. The van der Waals surface area contributed by atoms with Crippen molar-refractivity contribution in [3.8, 4) is 0 Å². The van der Waals surface area contributed by atoms with Crippen molar-refractivity contribution in [2.24, 2.45) is 0 Å². The van der Waals surface area contributed by atoms with E-state index < -0.39 is 0 Å². The van der Waals surface area contributed by atoms with E-state index in [-0.39, 0.29) is 12.0 Å². The zero-order valence-electron chi connectivity index (χ0n) is 6.58. The Hall–Kier alpha value is -0.220. The molecule has 0 aromatic rings. The van der Waals surface area contributed by atoms with Crippen LogP contribution in [0.1, 0.15) is 6.92 Å². The van der Waals surface area contributed by atoms with Crippen molar-refractivity contribution < 1.29 is 9.53 Å². The molecule has 1 aliphatic heterocycles. The first-order valence-corrected chi connectivity index (χ1v) is 4.91. The molecule has 3 nitrogen and oxygen atoms in total. The zero-order chi connectivity index (χ0) is 8.10. The van der Waals surface area contributed by atoms with E-state index in [0.717, 1.165) is 18.1 Å². The van der Waals surface area contributed by atoms with E-state index in [2.05, 4.69) is 5.32 Å². The zero-order valence-corrected chi connectivity index (χ0v) is 7.39. The summed E-state index contributed by atoms with van der Waals surface area (Å²) in [5.74, 6) is 1.66. The molecule has 1 atom stereocenters. The molecule has 1 saturated heterocycles. The molecule has 0 bridgehead atoms. The molecule has 1 aliphatic rings. The molecule has 1 unspecified atom stereocenters. The predicted octanol–water partition coefficient (Wildman–Crippen LogP) is 0.269. The van der Waals surface area contributed by atoms with E-state index in [1.807, 2.05) is 6.92 Å². The van der Waals surface area contributed by atoms with E-state index in [4.69, 9.17) is 4.74 Å². The maximum absolute atomic E-state index is 11.1. The lowest BCUT2D eigenvalue weighted by Gasteiger charge is -2.19. The molecule has 1 radical (unpaired) electrons. The van der Waals surface area contributed by atoms with Crippen molar-refractivity contribution in [2.45, 2.75) is 13.0 Å². The Bertz CT molecular complexity index is 134. The fourth-order valence-corrected chi connectivity index (χ4v) is 1.77. The molecule has 1 rings (SSSR count). The van der Waals surface area contributed by atoms with Crippen molar-refractivity contribution in [3.05, 3.63) is 0 Å².